The van der Waals surface area contributed by atoms with Crippen molar-refractivity contribution in [1.29, 1.82) is 0 Å². The highest BCUT2D eigenvalue weighted by molar-refractivity contribution is 9.10. The van der Waals surface area contributed by atoms with E-state index in [9.17, 15) is 0 Å². The third-order valence-electron chi connectivity index (χ3n) is 3.07. The van der Waals surface area contributed by atoms with Gasteiger partial charge in [0, 0.05) is 19.8 Å². The van der Waals surface area contributed by atoms with E-state index in [1.807, 2.05) is 7.05 Å². The minimum Gasteiger partial charge on any atom is -0.369 e. The van der Waals surface area contributed by atoms with E-state index in [0.29, 0.717) is 11.9 Å². The number of hydrogen-bond acceptors (Lipinski definition) is 4. The van der Waals surface area contributed by atoms with Crippen molar-refractivity contribution in [2.45, 2.75) is 39.5 Å². The first-order valence-electron chi connectivity index (χ1n) is 6.65. The van der Waals surface area contributed by atoms with Gasteiger partial charge in [0.05, 0.1) is 4.47 Å². The molecule has 0 spiro atoms. The van der Waals surface area contributed by atoms with Crippen LogP contribution in [0.15, 0.2) is 10.7 Å². The van der Waals surface area contributed by atoms with Gasteiger partial charge in [-0.1, -0.05) is 33.1 Å². The average Bonchev–Trinajstić information content (AvgIpc) is 2.40. The van der Waals surface area contributed by atoms with Gasteiger partial charge in [-0.25, -0.2) is 4.98 Å². The Morgan fingerprint density at radius 2 is 2.17 bits per heavy atom. The lowest BCUT2D eigenvalue weighted by Gasteiger charge is -2.16. The average molecular weight is 315 g/mol. The summed E-state index contributed by atoms with van der Waals surface area (Å²) in [7, 11) is 1.82. The molecule has 0 aliphatic heterocycles. The van der Waals surface area contributed by atoms with Crippen LogP contribution in [0.5, 0.6) is 0 Å². The van der Waals surface area contributed by atoms with Crippen LogP contribution in [-0.4, -0.2) is 23.6 Å². The molecule has 0 aromatic carbocycles. The van der Waals surface area contributed by atoms with Crippen molar-refractivity contribution in [2.24, 2.45) is 5.92 Å². The number of rotatable bonds is 8. The van der Waals surface area contributed by atoms with Gasteiger partial charge < -0.3 is 10.6 Å². The molecule has 18 heavy (non-hydrogen) atoms. The van der Waals surface area contributed by atoms with Crippen molar-refractivity contribution in [1.82, 2.24) is 9.97 Å². The lowest BCUT2D eigenvalue weighted by Crippen LogP contribution is -2.15. The Hall–Kier alpha value is -0.840. The van der Waals surface area contributed by atoms with Gasteiger partial charge in [-0.3, -0.25) is 0 Å². The van der Waals surface area contributed by atoms with Crippen LogP contribution in [0.3, 0.4) is 0 Å². The fraction of sp³-hybridized carbons (Fsp3) is 0.692. The van der Waals surface area contributed by atoms with Crippen LogP contribution in [0.25, 0.3) is 0 Å². The van der Waals surface area contributed by atoms with Crippen LogP contribution in [-0.2, 0) is 0 Å². The number of unbranched alkanes of at least 4 members (excludes halogenated alkanes) is 1. The van der Waals surface area contributed by atoms with E-state index in [0.717, 1.165) is 16.8 Å². The first-order valence-corrected chi connectivity index (χ1v) is 7.44. The standard InChI is InChI=1S/C13H23BrN4/c1-4-6-7-10(5-2)8-16-12-11(14)9-17-13(15-3)18-12/h9-10H,4-8H2,1-3H3,(H2,15,16,17,18). The Bertz CT molecular complexity index is 357. The van der Waals surface area contributed by atoms with Crippen molar-refractivity contribution in [3.8, 4) is 0 Å². The van der Waals surface area contributed by atoms with Crippen LogP contribution in [0, 0.1) is 5.92 Å². The second-order valence-corrected chi connectivity index (χ2v) is 5.29. The van der Waals surface area contributed by atoms with Gasteiger partial charge in [0.25, 0.3) is 0 Å². The molecule has 1 rings (SSSR count). The monoisotopic (exact) mass is 314 g/mol. The van der Waals surface area contributed by atoms with Crippen LogP contribution in [0.2, 0.25) is 0 Å². The maximum Gasteiger partial charge on any atom is 0.224 e. The molecule has 0 saturated heterocycles. The Morgan fingerprint density at radius 3 is 2.78 bits per heavy atom. The fourth-order valence-electron chi connectivity index (χ4n) is 1.80. The molecule has 0 bridgehead atoms. The number of nitrogens with zero attached hydrogens (tertiary/aromatic N) is 2. The zero-order chi connectivity index (χ0) is 13.4. The second kappa shape index (κ2) is 8.29. The predicted molar refractivity (Wildman–Crippen MR) is 81.1 cm³/mol. The highest BCUT2D eigenvalue weighted by Crippen LogP contribution is 2.21. The number of anilines is 2. The van der Waals surface area contributed by atoms with E-state index >= 15 is 0 Å². The fourth-order valence-corrected chi connectivity index (χ4v) is 2.13. The molecule has 0 radical (unpaired) electrons. The van der Waals surface area contributed by atoms with E-state index in [2.05, 4.69) is 50.4 Å². The van der Waals surface area contributed by atoms with Gasteiger partial charge in [0.2, 0.25) is 5.95 Å². The van der Waals surface area contributed by atoms with Crippen molar-refractivity contribution in [3.05, 3.63) is 10.7 Å². The summed E-state index contributed by atoms with van der Waals surface area (Å²) in [5.41, 5.74) is 0. The summed E-state index contributed by atoms with van der Waals surface area (Å²) >= 11 is 3.47. The molecule has 1 unspecified atom stereocenters. The maximum atomic E-state index is 4.40. The number of aromatic nitrogens is 2. The summed E-state index contributed by atoms with van der Waals surface area (Å²) in [5.74, 6) is 2.22. The molecule has 1 aromatic rings. The van der Waals surface area contributed by atoms with Crippen LogP contribution in [0.1, 0.15) is 39.5 Å². The molecule has 4 nitrogen and oxygen atoms in total. The van der Waals surface area contributed by atoms with Gasteiger partial charge in [0.1, 0.15) is 5.82 Å². The smallest absolute Gasteiger partial charge is 0.224 e. The van der Waals surface area contributed by atoms with Crippen molar-refractivity contribution >= 4 is 27.7 Å². The van der Waals surface area contributed by atoms with Crippen molar-refractivity contribution in [3.63, 3.8) is 0 Å². The van der Waals surface area contributed by atoms with Crippen LogP contribution < -0.4 is 10.6 Å². The van der Waals surface area contributed by atoms with Gasteiger partial charge >= 0.3 is 0 Å². The lowest BCUT2D eigenvalue weighted by atomic mass is 9.99. The van der Waals surface area contributed by atoms with E-state index in [1.165, 1.54) is 25.7 Å². The summed E-state index contributed by atoms with van der Waals surface area (Å²) in [6.07, 6.45) is 6.81. The summed E-state index contributed by atoms with van der Waals surface area (Å²) in [4.78, 5) is 8.54. The van der Waals surface area contributed by atoms with Gasteiger partial charge in [-0.15, -0.1) is 0 Å². The Morgan fingerprint density at radius 1 is 1.39 bits per heavy atom. The van der Waals surface area contributed by atoms with Gasteiger partial charge in [-0.2, -0.15) is 4.98 Å². The highest BCUT2D eigenvalue weighted by atomic mass is 79.9. The lowest BCUT2D eigenvalue weighted by molar-refractivity contribution is 0.472. The first-order chi connectivity index (χ1) is 8.71. The highest BCUT2D eigenvalue weighted by Gasteiger charge is 2.08. The third-order valence-corrected chi connectivity index (χ3v) is 3.65. The third kappa shape index (κ3) is 4.80. The van der Waals surface area contributed by atoms with Crippen LogP contribution in [0.4, 0.5) is 11.8 Å². The first kappa shape index (κ1) is 15.2. The molecule has 102 valence electrons. The van der Waals surface area contributed by atoms with E-state index in [4.69, 9.17) is 0 Å². The summed E-state index contributed by atoms with van der Waals surface area (Å²) in [6, 6.07) is 0. The number of halogens is 1. The maximum absolute atomic E-state index is 4.40. The molecule has 1 atom stereocenters. The number of nitrogens with one attached hydrogen (secondary N) is 2. The minimum atomic E-state index is 0.641. The van der Waals surface area contributed by atoms with Gasteiger partial charge in [0.15, 0.2) is 0 Å². The molecule has 5 heteroatoms. The molecule has 1 aromatic heterocycles. The molecule has 2 N–H and O–H groups in total. The minimum absolute atomic E-state index is 0.641. The second-order valence-electron chi connectivity index (χ2n) is 4.44. The molecule has 1 heterocycles. The zero-order valence-electron chi connectivity index (χ0n) is 11.5. The Balaban J connectivity index is 2.55. The Kier molecular flexibility index (Phi) is 7.01. The molecular formula is C13H23BrN4. The quantitative estimate of drug-likeness (QED) is 0.764. The zero-order valence-corrected chi connectivity index (χ0v) is 13.0. The summed E-state index contributed by atoms with van der Waals surface area (Å²) in [5, 5.41) is 6.36. The van der Waals surface area contributed by atoms with Crippen LogP contribution >= 0.6 is 15.9 Å². The largest absolute Gasteiger partial charge is 0.369 e. The summed E-state index contributed by atoms with van der Waals surface area (Å²) < 4.78 is 0.909. The predicted octanol–water partition coefficient (Wildman–Crippen LogP) is 3.91. The normalized spacial score (nSPS) is 12.2. The molecule has 0 aliphatic rings. The molecular weight excluding hydrogens is 292 g/mol. The Labute approximate surface area is 118 Å². The van der Waals surface area contributed by atoms with E-state index in [1.54, 1.807) is 6.20 Å². The molecule has 0 aliphatic carbocycles. The number of hydrogen-bond donors (Lipinski definition) is 2. The summed E-state index contributed by atoms with van der Waals surface area (Å²) in [6.45, 7) is 5.45. The molecule has 0 fully saturated rings. The van der Waals surface area contributed by atoms with Crippen molar-refractivity contribution in [2.75, 3.05) is 24.2 Å². The molecule has 0 saturated carbocycles. The molecule has 0 amide bonds. The van der Waals surface area contributed by atoms with E-state index in [-0.39, 0.29) is 0 Å². The van der Waals surface area contributed by atoms with Crippen molar-refractivity contribution < 1.29 is 0 Å². The van der Waals surface area contributed by atoms with Gasteiger partial charge in [-0.05, 0) is 28.3 Å². The van der Waals surface area contributed by atoms with E-state index < -0.39 is 0 Å². The SMILES string of the molecule is CCCCC(CC)CNc1nc(NC)ncc1Br. The topological polar surface area (TPSA) is 49.8 Å².